The van der Waals surface area contributed by atoms with Gasteiger partial charge in [-0.15, -0.1) is 0 Å². The van der Waals surface area contributed by atoms with Crippen LogP contribution in [0.3, 0.4) is 0 Å². The van der Waals surface area contributed by atoms with Crippen molar-refractivity contribution in [3.05, 3.63) is 29.8 Å². The molecule has 5 heteroatoms. The summed E-state index contributed by atoms with van der Waals surface area (Å²) in [5, 5.41) is 2.97. The highest BCUT2D eigenvalue weighted by atomic mass is 16.5. The first kappa shape index (κ1) is 15.9. The van der Waals surface area contributed by atoms with Gasteiger partial charge in [0.2, 0.25) is 5.91 Å². The second-order valence-electron chi connectivity index (χ2n) is 5.53. The van der Waals surface area contributed by atoms with Crippen molar-refractivity contribution in [2.75, 3.05) is 25.6 Å². The van der Waals surface area contributed by atoms with Gasteiger partial charge < -0.3 is 15.8 Å². The summed E-state index contributed by atoms with van der Waals surface area (Å²) in [4.78, 5) is 14.6. The molecule has 0 spiro atoms. The number of anilines is 1. The van der Waals surface area contributed by atoms with Crippen LogP contribution in [-0.4, -0.2) is 43.2 Å². The summed E-state index contributed by atoms with van der Waals surface area (Å²) in [6.45, 7) is 3.91. The number of nitrogens with zero attached hydrogens (tertiary/aromatic N) is 1. The molecule has 2 rings (SSSR count). The molecular weight excluding hydrogens is 266 g/mol. The summed E-state index contributed by atoms with van der Waals surface area (Å²) >= 11 is 0. The fourth-order valence-corrected chi connectivity index (χ4v) is 2.42. The fourth-order valence-electron chi connectivity index (χ4n) is 2.42. The zero-order chi connectivity index (χ0) is 15.2. The van der Waals surface area contributed by atoms with Gasteiger partial charge in [-0.05, 0) is 37.5 Å². The van der Waals surface area contributed by atoms with Gasteiger partial charge >= 0.3 is 0 Å². The molecule has 21 heavy (non-hydrogen) atoms. The molecule has 0 aromatic heterocycles. The number of rotatable bonds is 8. The van der Waals surface area contributed by atoms with Crippen LogP contribution < -0.4 is 11.1 Å². The van der Waals surface area contributed by atoms with E-state index in [0.717, 1.165) is 17.8 Å². The molecule has 1 aromatic rings. The highest BCUT2D eigenvalue weighted by Gasteiger charge is 2.34. The zero-order valence-corrected chi connectivity index (χ0v) is 12.8. The third kappa shape index (κ3) is 4.52. The number of nitrogens with two attached hydrogens (primary N) is 1. The Morgan fingerprint density at radius 3 is 2.62 bits per heavy atom. The van der Waals surface area contributed by atoms with Crippen LogP contribution >= 0.6 is 0 Å². The maximum atomic E-state index is 12.4. The Hall–Kier alpha value is -1.43. The van der Waals surface area contributed by atoms with Gasteiger partial charge in [0.25, 0.3) is 0 Å². The first-order valence-electron chi connectivity index (χ1n) is 7.50. The number of benzene rings is 1. The van der Waals surface area contributed by atoms with Crippen LogP contribution in [0.5, 0.6) is 0 Å². The smallest absolute Gasteiger partial charge is 0.241 e. The lowest BCUT2D eigenvalue weighted by atomic mass is 10.2. The third-order valence-corrected chi connectivity index (χ3v) is 3.90. The predicted octanol–water partition coefficient (Wildman–Crippen LogP) is 1.58. The highest BCUT2D eigenvalue weighted by molar-refractivity contribution is 5.94. The van der Waals surface area contributed by atoms with Crippen LogP contribution in [0.2, 0.25) is 0 Å². The Bertz CT molecular complexity index is 457. The number of hydrogen-bond acceptors (Lipinski definition) is 4. The van der Waals surface area contributed by atoms with E-state index in [-0.39, 0.29) is 11.9 Å². The van der Waals surface area contributed by atoms with E-state index in [1.165, 1.54) is 12.8 Å². The fraction of sp³-hybridized carbons (Fsp3) is 0.562. The molecule has 116 valence electrons. The van der Waals surface area contributed by atoms with Gasteiger partial charge in [-0.1, -0.05) is 12.1 Å². The van der Waals surface area contributed by atoms with Gasteiger partial charge in [0.05, 0.1) is 12.6 Å². The minimum Gasteiger partial charge on any atom is -0.383 e. The molecule has 0 aliphatic heterocycles. The van der Waals surface area contributed by atoms with Crippen molar-refractivity contribution >= 4 is 11.6 Å². The molecule has 1 aromatic carbocycles. The monoisotopic (exact) mass is 291 g/mol. The van der Waals surface area contributed by atoms with Crippen molar-refractivity contribution in [3.8, 4) is 0 Å². The van der Waals surface area contributed by atoms with Gasteiger partial charge in [-0.2, -0.15) is 0 Å². The Morgan fingerprint density at radius 1 is 1.43 bits per heavy atom. The molecule has 1 aliphatic carbocycles. The number of ether oxygens (including phenoxy) is 1. The first-order chi connectivity index (χ1) is 10.2. The van der Waals surface area contributed by atoms with Gasteiger partial charge in [-0.3, -0.25) is 9.69 Å². The highest BCUT2D eigenvalue weighted by Crippen LogP contribution is 2.28. The second kappa shape index (κ2) is 7.54. The quantitative estimate of drug-likeness (QED) is 0.763. The van der Waals surface area contributed by atoms with Crippen LogP contribution in [0.25, 0.3) is 0 Å². The molecule has 0 radical (unpaired) electrons. The Morgan fingerprint density at radius 2 is 2.10 bits per heavy atom. The summed E-state index contributed by atoms with van der Waals surface area (Å²) in [6, 6.07) is 8.03. The second-order valence-corrected chi connectivity index (χ2v) is 5.53. The van der Waals surface area contributed by atoms with Crippen LogP contribution in [-0.2, 0) is 16.1 Å². The lowest BCUT2D eigenvalue weighted by molar-refractivity contribution is -0.121. The van der Waals surface area contributed by atoms with Crippen LogP contribution in [0.4, 0.5) is 5.69 Å². The maximum Gasteiger partial charge on any atom is 0.241 e. The average Bonchev–Trinajstić information content (AvgIpc) is 3.33. The standard InChI is InChI=1S/C16H25N3O2/c1-12(19(9-10-21-2)15-7-8-15)16(20)18-14-5-3-13(11-17)4-6-14/h3-6,12,15H,7-11,17H2,1-2H3,(H,18,20). The predicted molar refractivity (Wildman–Crippen MR) is 84.0 cm³/mol. The zero-order valence-electron chi connectivity index (χ0n) is 12.8. The van der Waals surface area contributed by atoms with Crippen molar-refractivity contribution < 1.29 is 9.53 Å². The maximum absolute atomic E-state index is 12.4. The van der Waals surface area contributed by atoms with Crippen molar-refractivity contribution in [1.29, 1.82) is 0 Å². The van der Waals surface area contributed by atoms with E-state index in [9.17, 15) is 4.79 Å². The van der Waals surface area contributed by atoms with Crippen LogP contribution in [0.15, 0.2) is 24.3 Å². The number of carbonyl (C=O) groups is 1. The minimum absolute atomic E-state index is 0.0264. The van der Waals surface area contributed by atoms with E-state index in [0.29, 0.717) is 19.2 Å². The molecule has 1 unspecified atom stereocenters. The normalized spacial score (nSPS) is 16.0. The molecule has 0 heterocycles. The molecule has 3 N–H and O–H groups in total. The Balaban J connectivity index is 1.93. The van der Waals surface area contributed by atoms with E-state index in [4.69, 9.17) is 10.5 Å². The number of methoxy groups -OCH3 is 1. The van der Waals surface area contributed by atoms with Crippen LogP contribution in [0.1, 0.15) is 25.3 Å². The lowest BCUT2D eigenvalue weighted by Crippen LogP contribution is -2.44. The molecule has 0 bridgehead atoms. The van der Waals surface area contributed by atoms with E-state index < -0.39 is 0 Å². The van der Waals surface area contributed by atoms with Gasteiger partial charge in [0.1, 0.15) is 0 Å². The number of hydrogen-bond donors (Lipinski definition) is 2. The molecule has 1 atom stereocenters. The van der Waals surface area contributed by atoms with Crippen molar-refractivity contribution in [1.82, 2.24) is 4.90 Å². The molecule has 1 fully saturated rings. The topological polar surface area (TPSA) is 67.6 Å². The van der Waals surface area contributed by atoms with Crippen molar-refractivity contribution in [3.63, 3.8) is 0 Å². The minimum atomic E-state index is -0.151. The molecule has 0 saturated heterocycles. The summed E-state index contributed by atoms with van der Waals surface area (Å²) in [5.41, 5.74) is 7.44. The molecule has 1 saturated carbocycles. The number of nitrogens with one attached hydrogen (secondary N) is 1. The van der Waals surface area contributed by atoms with Crippen LogP contribution in [0, 0.1) is 0 Å². The number of carbonyl (C=O) groups excluding carboxylic acids is 1. The Kier molecular flexibility index (Phi) is 5.73. The van der Waals surface area contributed by atoms with Gasteiger partial charge in [-0.25, -0.2) is 0 Å². The summed E-state index contributed by atoms with van der Waals surface area (Å²) in [5.74, 6) is 0.0264. The van der Waals surface area contributed by atoms with Crippen molar-refractivity contribution in [2.24, 2.45) is 5.73 Å². The average molecular weight is 291 g/mol. The molecule has 1 amide bonds. The molecular formula is C16H25N3O2. The van der Waals surface area contributed by atoms with E-state index >= 15 is 0 Å². The van der Waals surface area contributed by atoms with E-state index in [1.54, 1.807) is 7.11 Å². The summed E-state index contributed by atoms with van der Waals surface area (Å²) in [6.07, 6.45) is 2.35. The van der Waals surface area contributed by atoms with E-state index in [1.807, 2.05) is 31.2 Å². The van der Waals surface area contributed by atoms with Gasteiger partial charge in [0.15, 0.2) is 0 Å². The number of amides is 1. The lowest BCUT2D eigenvalue weighted by Gasteiger charge is -2.27. The van der Waals surface area contributed by atoms with Gasteiger partial charge in [0, 0.05) is 31.9 Å². The summed E-state index contributed by atoms with van der Waals surface area (Å²) < 4.78 is 5.14. The molecule has 5 nitrogen and oxygen atoms in total. The van der Waals surface area contributed by atoms with E-state index in [2.05, 4.69) is 10.2 Å². The largest absolute Gasteiger partial charge is 0.383 e. The summed E-state index contributed by atoms with van der Waals surface area (Å²) in [7, 11) is 1.69. The third-order valence-electron chi connectivity index (χ3n) is 3.90. The molecule has 1 aliphatic rings. The SMILES string of the molecule is COCCN(C1CC1)C(C)C(=O)Nc1ccc(CN)cc1. The van der Waals surface area contributed by atoms with Crippen molar-refractivity contribution in [2.45, 2.75) is 38.4 Å². The Labute approximate surface area is 126 Å². The first-order valence-corrected chi connectivity index (χ1v) is 7.50.